The summed E-state index contributed by atoms with van der Waals surface area (Å²) in [4.78, 5) is 24.9. The number of benzene rings is 2. The van der Waals surface area contributed by atoms with Gasteiger partial charge >= 0.3 is 0 Å². The Morgan fingerprint density at radius 1 is 0.897 bits per heavy atom. The second kappa shape index (κ2) is 9.23. The fourth-order valence-corrected chi connectivity index (χ4v) is 4.31. The molecule has 2 fully saturated rings. The highest BCUT2D eigenvalue weighted by atomic mass is 16.5. The summed E-state index contributed by atoms with van der Waals surface area (Å²) in [5.74, 6) is 0.362. The second-order valence-corrected chi connectivity index (χ2v) is 8.00. The number of hydrogen-bond donors (Lipinski definition) is 2. The van der Waals surface area contributed by atoms with Gasteiger partial charge in [-0.2, -0.15) is 0 Å². The van der Waals surface area contributed by atoms with E-state index >= 15 is 0 Å². The highest BCUT2D eigenvalue weighted by Crippen LogP contribution is 2.32. The molecule has 5 nitrogen and oxygen atoms in total. The van der Waals surface area contributed by atoms with Crippen molar-refractivity contribution in [2.75, 3.05) is 11.9 Å². The van der Waals surface area contributed by atoms with Crippen molar-refractivity contribution in [3.63, 3.8) is 0 Å². The van der Waals surface area contributed by atoms with E-state index in [0.29, 0.717) is 23.8 Å². The molecule has 0 radical (unpaired) electrons. The normalized spacial score (nSPS) is 24.1. The summed E-state index contributed by atoms with van der Waals surface area (Å²) in [5.41, 5.74) is 2.60. The maximum absolute atomic E-state index is 12.7. The highest BCUT2D eigenvalue weighted by Gasteiger charge is 2.25. The molecule has 2 aromatic carbocycles. The van der Waals surface area contributed by atoms with Gasteiger partial charge in [0.25, 0.3) is 11.8 Å². The van der Waals surface area contributed by atoms with Gasteiger partial charge in [-0.15, -0.1) is 0 Å². The summed E-state index contributed by atoms with van der Waals surface area (Å²) in [7, 11) is 0. The monoisotopic (exact) mass is 392 g/mol. The summed E-state index contributed by atoms with van der Waals surface area (Å²) < 4.78 is 5.41. The fraction of sp³-hybridized carbons (Fsp3) is 0.417. The molecule has 0 bridgehead atoms. The van der Waals surface area contributed by atoms with Gasteiger partial charge in [-0.3, -0.25) is 9.59 Å². The van der Waals surface area contributed by atoms with Crippen molar-refractivity contribution in [2.24, 2.45) is 0 Å². The number of ether oxygens (including phenoxy) is 1. The minimum Gasteiger partial charge on any atom is -0.368 e. The number of hydrogen-bond acceptors (Lipinski definition) is 3. The molecule has 1 unspecified atom stereocenters. The number of carbonyl (C=O) groups excluding carboxylic acids is 2. The molecule has 2 amide bonds. The van der Waals surface area contributed by atoms with E-state index < -0.39 is 0 Å². The third kappa shape index (κ3) is 5.04. The Labute approximate surface area is 171 Å². The Hall–Kier alpha value is -2.66. The number of anilines is 1. The first-order chi connectivity index (χ1) is 14.2. The van der Waals surface area contributed by atoms with Crippen LogP contribution in [0.25, 0.3) is 0 Å². The van der Waals surface area contributed by atoms with Gasteiger partial charge in [0.2, 0.25) is 0 Å². The van der Waals surface area contributed by atoms with E-state index in [0.717, 1.165) is 38.5 Å². The lowest BCUT2D eigenvalue weighted by Gasteiger charge is -2.29. The van der Waals surface area contributed by atoms with E-state index in [4.69, 9.17) is 4.74 Å². The van der Waals surface area contributed by atoms with E-state index in [2.05, 4.69) is 34.9 Å². The standard InChI is InChI=1S/C24H28N2O3/c27-23(25-20-13-11-18(12-14-20)17-6-2-1-3-7-17)19-8-4-9-21(16-19)26-24(28)22-10-5-15-29-22/h1-4,6-9,16,18,20,22H,5,10-15H2,(H,25,27)(H,26,28). The summed E-state index contributed by atoms with van der Waals surface area (Å²) >= 11 is 0. The number of rotatable bonds is 5. The van der Waals surface area contributed by atoms with E-state index in [1.165, 1.54) is 5.56 Å². The Bertz CT molecular complexity index is 838. The van der Waals surface area contributed by atoms with Gasteiger partial charge in [0, 0.05) is 23.9 Å². The minimum absolute atomic E-state index is 0.0821. The summed E-state index contributed by atoms with van der Waals surface area (Å²) in [6.07, 6.45) is 5.43. The first kappa shape index (κ1) is 19.6. The van der Waals surface area contributed by atoms with Gasteiger partial charge < -0.3 is 15.4 Å². The van der Waals surface area contributed by atoms with Crippen LogP contribution < -0.4 is 10.6 Å². The average molecular weight is 392 g/mol. The van der Waals surface area contributed by atoms with Crippen LogP contribution in [0.15, 0.2) is 54.6 Å². The maximum atomic E-state index is 12.7. The van der Waals surface area contributed by atoms with Crippen LogP contribution >= 0.6 is 0 Å². The van der Waals surface area contributed by atoms with Gasteiger partial charge in [0.1, 0.15) is 6.10 Å². The smallest absolute Gasteiger partial charge is 0.253 e. The summed E-state index contributed by atoms with van der Waals surface area (Å²) in [6.45, 7) is 0.632. The molecular weight excluding hydrogens is 364 g/mol. The zero-order chi connectivity index (χ0) is 20.1. The van der Waals surface area contributed by atoms with Crippen molar-refractivity contribution in [1.29, 1.82) is 0 Å². The molecular formula is C24H28N2O3. The molecule has 152 valence electrons. The Kier molecular flexibility index (Phi) is 6.25. The number of amides is 2. The van der Waals surface area contributed by atoms with Crippen molar-refractivity contribution in [3.05, 3.63) is 65.7 Å². The van der Waals surface area contributed by atoms with E-state index in [1.807, 2.05) is 6.07 Å². The van der Waals surface area contributed by atoms with Crippen LogP contribution in [0.4, 0.5) is 5.69 Å². The molecule has 1 saturated heterocycles. The van der Waals surface area contributed by atoms with Crippen LogP contribution in [0, 0.1) is 0 Å². The Morgan fingerprint density at radius 3 is 2.41 bits per heavy atom. The van der Waals surface area contributed by atoms with Gasteiger partial charge in [-0.05, 0) is 68.2 Å². The third-order valence-corrected chi connectivity index (χ3v) is 5.95. The topological polar surface area (TPSA) is 67.4 Å². The molecule has 1 atom stereocenters. The van der Waals surface area contributed by atoms with Crippen LogP contribution in [0.3, 0.4) is 0 Å². The lowest BCUT2D eigenvalue weighted by Crippen LogP contribution is -2.37. The van der Waals surface area contributed by atoms with E-state index in [1.54, 1.807) is 24.3 Å². The molecule has 29 heavy (non-hydrogen) atoms. The quantitative estimate of drug-likeness (QED) is 0.799. The minimum atomic E-state index is -0.382. The van der Waals surface area contributed by atoms with Crippen molar-refractivity contribution < 1.29 is 14.3 Å². The van der Waals surface area contributed by atoms with Crippen molar-refractivity contribution in [2.45, 2.75) is 56.6 Å². The Balaban J connectivity index is 1.30. The zero-order valence-electron chi connectivity index (χ0n) is 16.6. The van der Waals surface area contributed by atoms with Crippen LogP contribution in [-0.2, 0) is 9.53 Å². The molecule has 2 aromatic rings. The van der Waals surface area contributed by atoms with E-state index in [9.17, 15) is 9.59 Å². The molecule has 0 aromatic heterocycles. The van der Waals surface area contributed by atoms with E-state index in [-0.39, 0.29) is 24.0 Å². The maximum Gasteiger partial charge on any atom is 0.253 e. The summed E-state index contributed by atoms with van der Waals surface area (Å²) in [6, 6.07) is 17.9. The molecule has 1 aliphatic heterocycles. The molecule has 4 rings (SSSR count). The van der Waals surface area contributed by atoms with Gasteiger partial charge in [0.05, 0.1) is 0 Å². The van der Waals surface area contributed by atoms with Gasteiger partial charge in [0.15, 0.2) is 0 Å². The number of carbonyl (C=O) groups is 2. The lowest BCUT2D eigenvalue weighted by atomic mass is 9.82. The molecule has 1 aliphatic carbocycles. The molecule has 2 N–H and O–H groups in total. The number of nitrogens with one attached hydrogen (secondary N) is 2. The molecule has 2 aliphatic rings. The average Bonchev–Trinajstić information content (AvgIpc) is 3.30. The SMILES string of the molecule is O=C(NC1CCC(c2ccccc2)CC1)c1cccc(NC(=O)C2CCCO2)c1. The molecule has 1 heterocycles. The van der Waals surface area contributed by atoms with Crippen LogP contribution in [0.5, 0.6) is 0 Å². The predicted octanol–water partition coefficient (Wildman–Crippen LogP) is 4.26. The molecule has 0 spiro atoms. The largest absolute Gasteiger partial charge is 0.368 e. The van der Waals surface area contributed by atoms with Crippen LogP contribution in [0.1, 0.15) is 60.4 Å². The molecule has 1 saturated carbocycles. The third-order valence-electron chi connectivity index (χ3n) is 5.95. The Morgan fingerprint density at radius 2 is 1.69 bits per heavy atom. The summed E-state index contributed by atoms with van der Waals surface area (Å²) in [5, 5.41) is 6.03. The predicted molar refractivity (Wildman–Crippen MR) is 113 cm³/mol. The van der Waals surface area contributed by atoms with Crippen molar-refractivity contribution in [1.82, 2.24) is 5.32 Å². The fourth-order valence-electron chi connectivity index (χ4n) is 4.31. The first-order valence-corrected chi connectivity index (χ1v) is 10.6. The second-order valence-electron chi connectivity index (χ2n) is 8.00. The molecule has 5 heteroatoms. The van der Waals surface area contributed by atoms with Crippen LogP contribution in [-0.4, -0.2) is 30.6 Å². The highest BCUT2D eigenvalue weighted by molar-refractivity contribution is 5.98. The van der Waals surface area contributed by atoms with Gasteiger partial charge in [-0.25, -0.2) is 0 Å². The van der Waals surface area contributed by atoms with Crippen molar-refractivity contribution in [3.8, 4) is 0 Å². The lowest BCUT2D eigenvalue weighted by molar-refractivity contribution is -0.124. The van der Waals surface area contributed by atoms with Crippen molar-refractivity contribution >= 4 is 17.5 Å². The zero-order valence-corrected chi connectivity index (χ0v) is 16.6. The van der Waals surface area contributed by atoms with Crippen LogP contribution in [0.2, 0.25) is 0 Å². The first-order valence-electron chi connectivity index (χ1n) is 10.6. The van der Waals surface area contributed by atoms with Gasteiger partial charge in [-0.1, -0.05) is 36.4 Å².